The molecule has 1 N–H and O–H groups in total. The molecule has 2 saturated heterocycles. The fraction of sp³-hybridized carbons (Fsp3) is 0.500. The molecule has 4 rings (SSSR count). The molecule has 1 aromatic heterocycles. The molecule has 2 aliphatic rings. The highest BCUT2D eigenvalue weighted by molar-refractivity contribution is 5.99. The normalized spacial score (nSPS) is 19.7. The number of likely N-dealkylation sites (tertiary alicyclic amines) is 1. The number of amides is 1. The van der Waals surface area contributed by atoms with E-state index in [1.165, 1.54) is 0 Å². The minimum Gasteiger partial charge on any atom is -0.497 e. The van der Waals surface area contributed by atoms with Gasteiger partial charge in [-0.05, 0) is 50.2 Å². The predicted octanol–water partition coefficient (Wildman–Crippen LogP) is 2.11. The van der Waals surface area contributed by atoms with Crippen molar-refractivity contribution in [2.75, 3.05) is 65.4 Å². The highest BCUT2D eigenvalue weighted by Crippen LogP contribution is 2.34. The Bertz CT molecular complexity index is 959. The lowest BCUT2D eigenvalue weighted by molar-refractivity contribution is 0.0474. The second-order valence-electron chi connectivity index (χ2n) is 8.47. The van der Waals surface area contributed by atoms with E-state index in [2.05, 4.69) is 16.8 Å². The fourth-order valence-electron chi connectivity index (χ4n) is 4.35. The molecule has 0 bridgehead atoms. The van der Waals surface area contributed by atoms with Crippen LogP contribution in [0.1, 0.15) is 23.2 Å². The van der Waals surface area contributed by atoms with Gasteiger partial charge in [0.15, 0.2) is 0 Å². The van der Waals surface area contributed by atoms with Gasteiger partial charge in [-0.1, -0.05) is 0 Å². The van der Waals surface area contributed by atoms with Crippen molar-refractivity contribution in [1.82, 2.24) is 14.8 Å². The largest absolute Gasteiger partial charge is 0.497 e. The number of nitrogens with zero attached hydrogens (tertiary/aromatic N) is 4. The number of hydrogen-bond donors (Lipinski definition) is 1. The molecular weight excluding hydrogens is 408 g/mol. The summed E-state index contributed by atoms with van der Waals surface area (Å²) in [5, 5.41) is 10.1. The number of aliphatic hydroxyl groups is 1. The summed E-state index contributed by atoms with van der Waals surface area (Å²) in [7, 11) is 5.36. The van der Waals surface area contributed by atoms with Crippen molar-refractivity contribution >= 4 is 11.7 Å². The lowest BCUT2D eigenvalue weighted by Crippen LogP contribution is -2.46. The second-order valence-corrected chi connectivity index (χ2v) is 8.47. The summed E-state index contributed by atoms with van der Waals surface area (Å²) in [6, 6.07) is 9.34. The van der Waals surface area contributed by atoms with Gasteiger partial charge in [0.1, 0.15) is 17.3 Å². The zero-order valence-corrected chi connectivity index (χ0v) is 19.1. The number of anilines is 1. The van der Waals surface area contributed by atoms with Gasteiger partial charge in [-0.2, -0.15) is 0 Å². The molecule has 1 aromatic carbocycles. The van der Waals surface area contributed by atoms with Crippen LogP contribution in [-0.2, 0) is 0 Å². The SMILES string of the molecule is COc1ccc(OC)c(-c2ccc(C(=O)N3CCCC(O)C3)c(N3CCN(C)CC3)n2)c1. The zero-order valence-electron chi connectivity index (χ0n) is 19.1. The Kier molecular flexibility index (Phi) is 6.81. The van der Waals surface area contributed by atoms with E-state index in [4.69, 9.17) is 14.5 Å². The van der Waals surface area contributed by atoms with E-state index in [1.54, 1.807) is 19.1 Å². The number of likely N-dealkylation sites (N-methyl/N-ethyl adjacent to an activating group) is 1. The molecule has 172 valence electrons. The molecule has 1 unspecified atom stereocenters. The van der Waals surface area contributed by atoms with Gasteiger partial charge in [0.05, 0.1) is 31.6 Å². The Balaban J connectivity index is 1.75. The first-order valence-electron chi connectivity index (χ1n) is 11.1. The highest BCUT2D eigenvalue weighted by atomic mass is 16.5. The monoisotopic (exact) mass is 440 g/mol. The van der Waals surface area contributed by atoms with Gasteiger partial charge in [0.2, 0.25) is 0 Å². The van der Waals surface area contributed by atoms with Crippen molar-refractivity contribution in [3.63, 3.8) is 0 Å². The number of hydrogen-bond acceptors (Lipinski definition) is 7. The van der Waals surface area contributed by atoms with Gasteiger partial charge in [0, 0.05) is 44.8 Å². The van der Waals surface area contributed by atoms with Crippen molar-refractivity contribution in [3.8, 4) is 22.8 Å². The maximum absolute atomic E-state index is 13.4. The van der Waals surface area contributed by atoms with Crippen LogP contribution in [0, 0.1) is 0 Å². The maximum atomic E-state index is 13.4. The lowest BCUT2D eigenvalue weighted by atomic mass is 10.0. The van der Waals surface area contributed by atoms with Gasteiger partial charge in [0.25, 0.3) is 5.91 Å². The van der Waals surface area contributed by atoms with Crippen LogP contribution in [0.4, 0.5) is 5.82 Å². The average Bonchev–Trinajstić information content (AvgIpc) is 2.83. The molecule has 0 aliphatic carbocycles. The molecule has 2 aromatic rings. The first-order chi connectivity index (χ1) is 15.5. The summed E-state index contributed by atoms with van der Waals surface area (Å²) >= 11 is 0. The van der Waals surface area contributed by atoms with Crippen LogP contribution in [0.2, 0.25) is 0 Å². The topological polar surface area (TPSA) is 78.4 Å². The molecule has 8 nitrogen and oxygen atoms in total. The van der Waals surface area contributed by atoms with Crippen molar-refractivity contribution in [3.05, 3.63) is 35.9 Å². The zero-order chi connectivity index (χ0) is 22.7. The van der Waals surface area contributed by atoms with Crippen molar-refractivity contribution in [1.29, 1.82) is 0 Å². The lowest BCUT2D eigenvalue weighted by Gasteiger charge is -2.35. The summed E-state index contributed by atoms with van der Waals surface area (Å²) in [6.45, 7) is 4.43. The molecule has 1 atom stereocenters. The Morgan fingerprint density at radius 3 is 2.53 bits per heavy atom. The van der Waals surface area contributed by atoms with Crippen LogP contribution in [0.25, 0.3) is 11.3 Å². The van der Waals surface area contributed by atoms with E-state index in [0.29, 0.717) is 36.0 Å². The summed E-state index contributed by atoms with van der Waals surface area (Å²) in [6.07, 6.45) is 1.08. The average molecular weight is 441 g/mol. The van der Waals surface area contributed by atoms with Crippen LogP contribution >= 0.6 is 0 Å². The Hall–Kier alpha value is -2.84. The molecule has 1 amide bonds. The van der Waals surface area contributed by atoms with Crippen LogP contribution in [0.15, 0.2) is 30.3 Å². The predicted molar refractivity (Wildman–Crippen MR) is 124 cm³/mol. The molecule has 0 spiro atoms. The summed E-state index contributed by atoms with van der Waals surface area (Å²) < 4.78 is 11.0. The highest BCUT2D eigenvalue weighted by Gasteiger charge is 2.28. The molecular formula is C24H32N4O4. The summed E-state index contributed by atoms with van der Waals surface area (Å²) in [4.78, 5) is 24.6. The summed E-state index contributed by atoms with van der Waals surface area (Å²) in [5.41, 5.74) is 2.12. The van der Waals surface area contributed by atoms with Crippen molar-refractivity contribution in [2.24, 2.45) is 0 Å². The number of aromatic nitrogens is 1. The van der Waals surface area contributed by atoms with E-state index in [-0.39, 0.29) is 5.91 Å². The fourth-order valence-corrected chi connectivity index (χ4v) is 4.35. The van der Waals surface area contributed by atoms with Crippen LogP contribution in [-0.4, -0.2) is 92.4 Å². The van der Waals surface area contributed by atoms with E-state index in [0.717, 1.165) is 50.3 Å². The first-order valence-corrected chi connectivity index (χ1v) is 11.1. The molecule has 32 heavy (non-hydrogen) atoms. The Morgan fingerprint density at radius 2 is 1.84 bits per heavy atom. The number of β-amino-alcohol motifs (C(OH)–C–C–N with tert-alkyl or cyclic N) is 1. The maximum Gasteiger partial charge on any atom is 0.257 e. The smallest absolute Gasteiger partial charge is 0.257 e. The van der Waals surface area contributed by atoms with Crippen molar-refractivity contribution in [2.45, 2.75) is 18.9 Å². The molecule has 2 aliphatic heterocycles. The molecule has 2 fully saturated rings. The number of carbonyl (C=O) groups excluding carboxylic acids is 1. The van der Waals surface area contributed by atoms with Gasteiger partial charge >= 0.3 is 0 Å². The minimum atomic E-state index is -0.465. The number of methoxy groups -OCH3 is 2. The number of benzene rings is 1. The number of rotatable bonds is 5. The Morgan fingerprint density at radius 1 is 1.06 bits per heavy atom. The van der Waals surface area contributed by atoms with E-state index < -0.39 is 6.10 Å². The molecule has 8 heteroatoms. The van der Waals surface area contributed by atoms with E-state index in [1.807, 2.05) is 30.3 Å². The number of piperidine rings is 1. The molecule has 3 heterocycles. The van der Waals surface area contributed by atoms with Gasteiger partial charge in [-0.25, -0.2) is 4.98 Å². The number of piperazine rings is 1. The Labute approximate surface area is 189 Å². The third-order valence-electron chi connectivity index (χ3n) is 6.27. The van der Waals surface area contributed by atoms with Gasteiger partial charge < -0.3 is 29.3 Å². The summed E-state index contributed by atoms with van der Waals surface area (Å²) in [5.74, 6) is 2.02. The van der Waals surface area contributed by atoms with Crippen molar-refractivity contribution < 1.29 is 19.4 Å². The van der Waals surface area contributed by atoms with Gasteiger partial charge in [-0.3, -0.25) is 4.79 Å². The number of pyridine rings is 1. The van der Waals surface area contributed by atoms with Gasteiger partial charge in [-0.15, -0.1) is 0 Å². The second kappa shape index (κ2) is 9.75. The van der Waals surface area contributed by atoms with Crippen LogP contribution in [0.3, 0.4) is 0 Å². The first kappa shape index (κ1) is 22.4. The standard InChI is InChI=1S/C24H32N4O4/c1-26-11-13-27(14-12-26)23-19(24(30)28-10-4-5-17(29)16-28)7-8-21(25-23)20-15-18(31-2)6-9-22(20)32-3/h6-9,15,17,29H,4-5,10-14,16H2,1-3H3. The quantitative estimate of drug-likeness (QED) is 0.763. The van der Waals surface area contributed by atoms with Crippen LogP contribution < -0.4 is 14.4 Å². The third kappa shape index (κ3) is 4.66. The molecule has 0 saturated carbocycles. The third-order valence-corrected chi connectivity index (χ3v) is 6.27. The van der Waals surface area contributed by atoms with E-state index in [9.17, 15) is 9.90 Å². The van der Waals surface area contributed by atoms with Crippen LogP contribution in [0.5, 0.6) is 11.5 Å². The molecule has 0 radical (unpaired) electrons. The minimum absolute atomic E-state index is 0.0747. The number of aliphatic hydroxyl groups excluding tert-OH is 1. The number of ether oxygens (including phenoxy) is 2. The van der Waals surface area contributed by atoms with E-state index >= 15 is 0 Å². The number of carbonyl (C=O) groups is 1.